The van der Waals surface area contributed by atoms with E-state index in [1.807, 2.05) is 6.92 Å². The Morgan fingerprint density at radius 3 is 2.77 bits per heavy atom. The molecule has 0 saturated carbocycles. The van der Waals surface area contributed by atoms with Crippen LogP contribution in [0, 0.1) is 0 Å². The molecule has 0 aliphatic rings. The minimum atomic E-state index is -0.359. The minimum absolute atomic E-state index is 0.0436. The lowest BCUT2D eigenvalue weighted by atomic mass is 10.1. The highest BCUT2D eigenvalue weighted by Crippen LogP contribution is 2.22. The lowest BCUT2D eigenvalue weighted by Gasteiger charge is -2.29. The van der Waals surface area contributed by atoms with Crippen LogP contribution in [0.15, 0.2) is 29.5 Å². The van der Waals surface area contributed by atoms with Gasteiger partial charge >= 0.3 is 0 Å². The molecule has 2 rings (SSSR count). The largest absolute Gasteiger partial charge is 0.352 e. The van der Waals surface area contributed by atoms with Crippen molar-refractivity contribution in [1.82, 2.24) is 25.0 Å². The molecule has 0 aliphatic carbocycles. The fourth-order valence-corrected chi connectivity index (χ4v) is 3.18. The summed E-state index contributed by atoms with van der Waals surface area (Å²) in [6, 6.07) is 1.97. The standard InChI is InChI=1S/C15H23N5OS/c1-4-19(5-2)14(13-6-7-22-9-13)8-17-15(21)12(3)20-11-16-10-18-20/h6-7,9-12,14H,4-5,8H2,1-3H3,(H,17,21)/t12-,14-/m0/s1. The van der Waals surface area contributed by atoms with Gasteiger partial charge in [-0.25, -0.2) is 9.67 Å². The fraction of sp³-hybridized carbons (Fsp3) is 0.533. The average Bonchev–Trinajstić information content (AvgIpc) is 3.23. The number of nitrogens with zero attached hydrogens (tertiary/aromatic N) is 4. The Kier molecular flexibility index (Phi) is 6.09. The molecule has 0 aromatic carbocycles. The Hall–Kier alpha value is -1.73. The molecule has 1 amide bonds. The van der Waals surface area contributed by atoms with Crippen LogP contribution in [-0.4, -0.2) is 45.2 Å². The summed E-state index contributed by atoms with van der Waals surface area (Å²) in [6.07, 6.45) is 3.00. The Morgan fingerprint density at radius 2 is 2.23 bits per heavy atom. The van der Waals surface area contributed by atoms with Crippen molar-refractivity contribution in [2.24, 2.45) is 0 Å². The summed E-state index contributed by atoms with van der Waals surface area (Å²) in [5.74, 6) is -0.0436. The first kappa shape index (κ1) is 16.6. The average molecular weight is 321 g/mol. The highest BCUT2D eigenvalue weighted by molar-refractivity contribution is 7.07. The fourth-order valence-electron chi connectivity index (χ4n) is 2.47. The van der Waals surface area contributed by atoms with Crippen molar-refractivity contribution < 1.29 is 4.79 Å². The Labute approximate surface area is 135 Å². The molecule has 120 valence electrons. The molecule has 2 aromatic rings. The van der Waals surface area contributed by atoms with E-state index in [1.165, 1.54) is 11.9 Å². The third-order valence-electron chi connectivity index (χ3n) is 3.86. The highest BCUT2D eigenvalue weighted by Gasteiger charge is 2.21. The second-order valence-electron chi connectivity index (χ2n) is 5.09. The first-order valence-electron chi connectivity index (χ1n) is 7.55. The molecule has 2 aromatic heterocycles. The molecule has 0 spiro atoms. The molecule has 2 atom stereocenters. The number of aromatic nitrogens is 3. The SMILES string of the molecule is CCN(CC)[C@@H](CNC(=O)[C@H](C)n1cncn1)c1ccsc1. The Bertz CT molecular complexity index is 551. The van der Waals surface area contributed by atoms with Gasteiger partial charge in [0.1, 0.15) is 18.7 Å². The van der Waals surface area contributed by atoms with Gasteiger partial charge in [-0.2, -0.15) is 16.4 Å². The molecule has 0 radical (unpaired) electrons. The number of carbonyl (C=O) groups is 1. The van der Waals surface area contributed by atoms with Gasteiger partial charge in [0.2, 0.25) is 5.91 Å². The summed E-state index contributed by atoms with van der Waals surface area (Å²) in [6.45, 7) is 8.60. The predicted octanol–water partition coefficient (Wildman–Crippen LogP) is 2.10. The third-order valence-corrected chi connectivity index (χ3v) is 4.57. The van der Waals surface area contributed by atoms with E-state index in [2.05, 4.69) is 51.0 Å². The second-order valence-corrected chi connectivity index (χ2v) is 5.87. The van der Waals surface area contributed by atoms with Gasteiger partial charge in [-0.3, -0.25) is 9.69 Å². The Morgan fingerprint density at radius 1 is 1.45 bits per heavy atom. The maximum atomic E-state index is 12.3. The third kappa shape index (κ3) is 3.92. The van der Waals surface area contributed by atoms with Crippen molar-refractivity contribution in [3.05, 3.63) is 35.0 Å². The number of hydrogen-bond acceptors (Lipinski definition) is 5. The van der Waals surface area contributed by atoms with Crippen LogP contribution in [0.25, 0.3) is 0 Å². The van der Waals surface area contributed by atoms with E-state index in [0.29, 0.717) is 6.54 Å². The molecule has 7 heteroatoms. The van der Waals surface area contributed by atoms with Crippen LogP contribution in [-0.2, 0) is 4.79 Å². The van der Waals surface area contributed by atoms with Gasteiger partial charge in [0, 0.05) is 6.54 Å². The zero-order valence-electron chi connectivity index (χ0n) is 13.3. The quantitative estimate of drug-likeness (QED) is 0.809. The molecule has 0 bridgehead atoms. The second kappa shape index (κ2) is 8.05. The number of nitrogens with one attached hydrogen (secondary N) is 1. The van der Waals surface area contributed by atoms with Crippen LogP contribution < -0.4 is 5.32 Å². The van der Waals surface area contributed by atoms with Crippen LogP contribution in [0.1, 0.15) is 38.4 Å². The lowest BCUT2D eigenvalue weighted by molar-refractivity contribution is -0.124. The van der Waals surface area contributed by atoms with Gasteiger partial charge in [0.05, 0.1) is 6.04 Å². The molecule has 0 fully saturated rings. The van der Waals surface area contributed by atoms with Gasteiger partial charge in [0.25, 0.3) is 0 Å². The summed E-state index contributed by atoms with van der Waals surface area (Å²) < 4.78 is 1.56. The number of amides is 1. The van der Waals surface area contributed by atoms with E-state index in [0.717, 1.165) is 13.1 Å². The van der Waals surface area contributed by atoms with Crippen LogP contribution >= 0.6 is 11.3 Å². The molecule has 0 aliphatic heterocycles. The summed E-state index contributed by atoms with van der Waals surface area (Å²) in [7, 11) is 0. The lowest BCUT2D eigenvalue weighted by Crippen LogP contribution is -2.40. The van der Waals surface area contributed by atoms with Crippen molar-refractivity contribution in [2.75, 3.05) is 19.6 Å². The molecule has 0 unspecified atom stereocenters. The van der Waals surface area contributed by atoms with E-state index in [9.17, 15) is 4.79 Å². The van der Waals surface area contributed by atoms with Crippen molar-refractivity contribution in [3.8, 4) is 0 Å². The number of thiophene rings is 1. The van der Waals surface area contributed by atoms with Gasteiger partial charge in [-0.15, -0.1) is 0 Å². The molecular formula is C15H23N5OS. The summed E-state index contributed by atoms with van der Waals surface area (Å²) in [5, 5.41) is 11.3. The van der Waals surface area contributed by atoms with Gasteiger partial charge in [-0.1, -0.05) is 13.8 Å². The molecule has 0 saturated heterocycles. The van der Waals surface area contributed by atoms with E-state index in [4.69, 9.17) is 0 Å². The van der Waals surface area contributed by atoms with Crippen molar-refractivity contribution in [3.63, 3.8) is 0 Å². The summed E-state index contributed by atoms with van der Waals surface area (Å²) in [5.41, 5.74) is 1.25. The van der Waals surface area contributed by atoms with Crippen molar-refractivity contribution in [1.29, 1.82) is 0 Å². The van der Waals surface area contributed by atoms with E-state index in [1.54, 1.807) is 22.3 Å². The number of likely N-dealkylation sites (N-methyl/N-ethyl adjacent to an activating group) is 1. The minimum Gasteiger partial charge on any atom is -0.352 e. The Balaban J connectivity index is 2.00. The zero-order chi connectivity index (χ0) is 15.9. The van der Waals surface area contributed by atoms with Crippen molar-refractivity contribution >= 4 is 17.2 Å². The first-order chi connectivity index (χ1) is 10.7. The van der Waals surface area contributed by atoms with Crippen LogP contribution in [0.2, 0.25) is 0 Å². The number of carbonyl (C=O) groups excluding carboxylic acids is 1. The molecule has 22 heavy (non-hydrogen) atoms. The van der Waals surface area contributed by atoms with E-state index >= 15 is 0 Å². The number of rotatable bonds is 8. The van der Waals surface area contributed by atoms with E-state index in [-0.39, 0.29) is 18.0 Å². The van der Waals surface area contributed by atoms with Crippen LogP contribution in [0.5, 0.6) is 0 Å². The highest BCUT2D eigenvalue weighted by atomic mass is 32.1. The number of hydrogen-bond donors (Lipinski definition) is 1. The predicted molar refractivity (Wildman–Crippen MR) is 87.7 cm³/mol. The van der Waals surface area contributed by atoms with E-state index < -0.39 is 0 Å². The van der Waals surface area contributed by atoms with Gasteiger partial charge < -0.3 is 5.32 Å². The molecule has 2 heterocycles. The maximum absolute atomic E-state index is 12.3. The normalized spacial score (nSPS) is 14.0. The van der Waals surface area contributed by atoms with Crippen LogP contribution in [0.3, 0.4) is 0 Å². The summed E-state index contributed by atoms with van der Waals surface area (Å²) >= 11 is 1.68. The molecular weight excluding hydrogens is 298 g/mol. The summed E-state index contributed by atoms with van der Waals surface area (Å²) in [4.78, 5) is 18.5. The molecule has 6 nitrogen and oxygen atoms in total. The van der Waals surface area contributed by atoms with Crippen molar-refractivity contribution in [2.45, 2.75) is 32.9 Å². The first-order valence-corrected chi connectivity index (χ1v) is 8.49. The topological polar surface area (TPSA) is 63.1 Å². The smallest absolute Gasteiger partial charge is 0.244 e. The maximum Gasteiger partial charge on any atom is 0.244 e. The monoisotopic (exact) mass is 321 g/mol. The zero-order valence-corrected chi connectivity index (χ0v) is 14.1. The van der Waals surface area contributed by atoms with Crippen LogP contribution in [0.4, 0.5) is 0 Å². The van der Waals surface area contributed by atoms with Gasteiger partial charge in [0.15, 0.2) is 0 Å². The van der Waals surface area contributed by atoms with Gasteiger partial charge in [-0.05, 0) is 42.4 Å². The molecule has 1 N–H and O–H groups in total.